The molecule has 0 saturated carbocycles. The van der Waals surface area contributed by atoms with Crippen LogP contribution >= 0.6 is 0 Å². The van der Waals surface area contributed by atoms with Crippen LogP contribution in [-0.2, 0) is 17.3 Å². The van der Waals surface area contributed by atoms with Crippen molar-refractivity contribution < 1.29 is 24.2 Å². The van der Waals surface area contributed by atoms with E-state index in [9.17, 15) is 24.3 Å². The van der Waals surface area contributed by atoms with Gasteiger partial charge in [0.1, 0.15) is 11.3 Å². The summed E-state index contributed by atoms with van der Waals surface area (Å²) in [6, 6.07) is 33.1. The number of nitrogens with zero attached hydrogens (tertiary/aromatic N) is 7. The number of H-pyrrole nitrogens is 1. The van der Waals surface area contributed by atoms with Crippen LogP contribution in [0.4, 0.5) is 16.4 Å². The number of hydrogen-bond acceptors (Lipinski definition) is 10. The van der Waals surface area contributed by atoms with Crippen molar-refractivity contribution in [3.63, 3.8) is 0 Å². The zero-order chi connectivity index (χ0) is 47.3. The van der Waals surface area contributed by atoms with E-state index in [-0.39, 0.29) is 55.1 Å². The Labute approximate surface area is 394 Å². The molecule has 3 fully saturated rings. The molecule has 0 unspecified atom stereocenters. The van der Waals surface area contributed by atoms with E-state index >= 15 is 0 Å². The Morgan fingerprint density at radius 1 is 0.838 bits per heavy atom. The molecule has 3 N–H and O–H groups in total. The van der Waals surface area contributed by atoms with Gasteiger partial charge in [-0.2, -0.15) is 0 Å². The Hall–Kier alpha value is -7.36. The number of aliphatic hydroxyl groups excluding tert-OH is 1. The van der Waals surface area contributed by atoms with Gasteiger partial charge in [0.25, 0.3) is 11.5 Å². The molecule has 0 bridgehead atoms. The molecular weight excluding hydrogens is 859 g/mol. The second-order valence-corrected chi connectivity index (χ2v) is 18.3. The number of urea groups is 1. The third-order valence-electron chi connectivity index (χ3n) is 14.3. The van der Waals surface area contributed by atoms with Crippen LogP contribution in [0.25, 0.3) is 32.9 Å². The highest BCUT2D eigenvalue weighted by molar-refractivity contribution is 6.07. The lowest BCUT2D eigenvalue weighted by Gasteiger charge is -2.49. The molecule has 15 heteroatoms. The van der Waals surface area contributed by atoms with E-state index in [2.05, 4.69) is 40.0 Å². The first kappa shape index (κ1) is 44.5. The molecule has 0 radical (unpaired) electrons. The highest BCUT2D eigenvalue weighted by Gasteiger charge is 2.41. The molecule has 3 aliphatic heterocycles. The minimum atomic E-state index is -1.05. The van der Waals surface area contributed by atoms with Gasteiger partial charge in [0, 0.05) is 98.6 Å². The Bertz CT molecular complexity index is 3070. The van der Waals surface area contributed by atoms with Gasteiger partial charge in [0.15, 0.2) is 0 Å². The third-order valence-corrected chi connectivity index (χ3v) is 14.3. The number of aromatic nitrogens is 4. The molecule has 10 rings (SSSR count). The summed E-state index contributed by atoms with van der Waals surface area (Å²) < 4.78 is 7.15. The molecule has 2 atom stereocenters. The second-order valence-electron chi connectivity index (χ2n) is 18.3. The number of fused-ring (bicyclic) bond motifs is 2. The van der Waals surface area contributed by atoms with Crippen molar-refractivity contribution in [3.05, 3.63) is 148 Å². The number of aromatic amines is 1. The van der Waals surface area contributed by atoms with Crippen LogP contribution in [0.1, 0.15) is 60.3 Å². The number of amides is 4. The van der Waals surface area contributed by atoms with E-state index < -0.39 is 11.4 Å². The number of methoxy groups -OCH3 is 1. The number of rotatable bonds is 10. The summed E-state index contributed by atoms with van der Waals surface area (Å²) in [5.74, 6) is 0.590. The van der Waals surface area contributed by atoms with Gasteiger partial charge in [-0.05, 0) is 79.8 Å². The van der Waals surface area contributed by atoms with E-state index in [1.54, 1.807) is 36.0 Å². The minimum absolute atomic E-state index is 0.0777. The number of pyridine rings is 1. The number of aryl methyl sites for hydroxylation is 1. The van der Waals surface area contributed by atoms with Gasteiger partial charge >= 0.3 is 6.03 Å². The first-order valence-corrected chi connectivity index (χ1v) is 23.3. The monoisotopic (exact) mass is 913 g/mol. The summed E-state index contributed by atoms with van der Waals surface area (Å²) in [6.45, 7) is 6.88. The number of aliphatic hydroxyl groups is 1. The molecule has 3 saturated heterocycles. The number of hydrogen-bond donors (Lipinski definition) is 3. The maximum atomic E-state index is 14.2. The number of imide groups is 1. The molecule has 4 amide bonds. The highest BCUT2D eigenvalue weighted by Crippen LogP contribution is 2.43. The standard InChI is InChI=1S/C53H55N9O6/c1-33-30-62(49(65)36-16-18-45(68-4)44(28-36)60-26-22-46(64)56-52(60)67)34(2)29-61(33)39-20-24-59(25-21-39)51-55-43-17-15-35(42-31-58(3)50(66)47-40(42)19-23-54-47)27-41(43)48(57-51)53(32-63,37-11-7-5-8-12-37)38-13-9-6-10-14-38/h5-19,23,27-28,31,33-34,39,54,63H,20-22,24-26,29-30,32H2,1-4H3,(H,56,64,67)/t33-,34+/m0/s1. The molecule has 0 spiro atoms. The number of anilines is 2. The van der Waals surface area contributed by atoms with Crippen molar-refractivity contribution in [3.8, 4) is 16.9 Å². The summed E-state index contributed by atoms with van der Waals surface area (Å²) in [5.41, 5.74) is 5.31. The molecule has 3 aliphatic rings. The number of benzene rings is 4. The number of piperidine rings is 1. The summed E-state index contributed by atoms with van der Waals surface area (Å²) in [5, 5.41) is 15.8. The number of carbonyl (C=O) groups excluding carboxylic acids is 3. The zero-order valence-corrected chi connectivity index (χ0v) is 38.7. The van der Waals surface area contributed by atoms with Crippen LogP contribution in [0.5, 0.6) is 5.75 Å². The van der Waals surface area contributed by atoms with Gasteiger partial charge < -0.3 is 29.2 Å². The average molecular weight is 914 g/mol. The van der Waals surface area contributed by atoms with Crippen molar-refractivity contribution >= 4 is 51.3 Å². The summed E-state index contributed by atoms with van der Waals surface area (Å²) in [6.07, 6.45) is 5.54. The summed E-state index contributed by atoms with van der Waals surface area (Å²) in [4.78, 5) is 74.0. The summed E-state index contributed by atoms with van der Waals surface area (Å²) >= 11 is 0. The van der Waals surface area contributed by atoms with Crippen molar-refractivity contribution in [1.82, 2.24) is 34.6 Å². The van der Waals surface area contributed by atoms with E-state index in [1.807, 2.05) is 90.0 Å². The fourth-order valence-electron chi connectivity index (χ4n) is 10.7. The lowest BCUT2D eigenvalue weighted by molar-refractivity contribution is -0.120. The van der Waals surface area contributed by atoms with Crippen molar-refractivity contribution in [2.24, 2.45) is 7.05 Å². The van der Waals surface area contributed by atoms with Crippen LogP contribution < -0.4 is 25.4 Å². The van der Waals surface area contributed by atoms with E-state index in [1.165, 1.54) is 12.0 Å². The largest absolute Gasteiger partial charge is 0.495 e. The number of carbonyl (C=O) groups is 3. The number of piperazine rings is 1. The van der Waals surface area contributed by atoms with Gasteiger partial charge in [-0.1, -0.05) is 66.7 Å². The molecule has 68 heavy (non-hydrogen) atoms. The highest BCUT2D eigenvalue weighted by atomic mass is 16.5. The maximum absolute atomic E-state index is 14.2. The molecule has 3 aromatic heterocycles. The first-order valence-electron chi connectivity index (χ1n) is 23.3. The zero-order valence-electron chi connectivity index (χ0n) is 38.7. The smallest absolute Gasteiger partial charge is 0.328 e. The minimum Gasteiger partial charge on any atom is -0.495 e. The van der Waals surface area contributed by atoms with Crippen LogP contribution in [0.3, 0.4) is 0 Å². The van der Waals surface area contributed by atoms with Crippen LogP contribution in [0.15, 0.2) is 120 Å². The van der Waals surface area contributed by atoms with E-state index in [4.69, 9.17) is 14.7 Å². The van der Waals surface area contributed by atoms with Gasteiger partial charge in [0.05, 0.1) is 36.0 Å². The van der Waals surface area contributed by atoms with Crippen LogP contribution in [0, 0.1) is 0 Å². The lowest BCUT2D eigenvalue weighted by Crippen LogP contribution is -2.61. The summed E-state index contributed by atoms with van der Waals surface area (Å²) in [7, 11) is 3.27. The number of nitrogens with one attached hydrogen (secondary N) is 2. The Morgan fingerprint density at radius 2 is 1.56 bits per heavy atom. The Morgan fingerprint density at radius 3 is 2.24 bits per heavy atom. The van der Waals surface area contributed by atoms with E-state index in [0.29, 0.717) is 60.3 Å². The van der Waals surface area contributed by atoms with E-state index in [0.717, 1.165) is 51.4 Å². The van der Waals surface area contributed by atoms with Crippen LogP contribution in [0.2, 0.25) is 0 Å². The SMILES string of the molecule is COc1ccc(C(=O)N2C[C@H](C)N(C3CCN(c4nc(C(CO)(c5ccccc5)c5ccccc5)c5cc(-c6cn(C)c(=O)c7[nH]ccc67)ccc5n4)CC3)C[C@H]2C)cc1N1CCC(=O)NC1=O. The van der Waals surface area contributed by atoms with Crippen molar-refractivity contribution in [2.45, 2.75) is 56.7 Å². The van der Waals surface area contributed by atoms with Crippen LogP contribution in [-0.4, -0.2) is 117 Å². The molecule has 0 aliphatic carbocycles. The first-order chi connectivity index (χ1) is 33.0. The molecular formula is C53H55N9O6. The fourth-order valence-corrected chi connectivity index (χ4v) is 10.7. The quantitative estimate of drug-likeness (QED) is 0.139. The third kappa shape index (κ3) is 7.74. The van der Waals surface area contributed by atoms with Gasteiger partial charge in [-0.25, -0.2) is 14.8 Å². The molecule has 15 nitrogen and oxygen atoms in total. The molecule has 348 valence electrons. The van der Waals surface area contributed by atoms with Gasteiger partial charge in [0.2, 0.25) is 11.9 Å². The Balaban J connectivity index is 0.942. The predicted molar refractivity (Wildman–Crippen MR) is 262 cm³/mol. The second kappa shape index (κ2) is 18.0. The van der Waals surface area contributed by atoms with Gasteiger partial charge in [-0.3, -0.25) is 29.5 Å². The fraction of sp³-hybridized carbons (Fsp3) is 0.321. The average Bonchev–Trinajstić information content (AvgIpc) is 3.87. The topological polar surface area (TPSA) is 169 Å². The van der Waals surface area contributed by atoms with Crippen molar-refractivity contribution in [2.75, 3.05) is 56.2 Å². The van der Waals surface area contributed by atoms with Crippen molar-refractivity contribution in [1.29, 1.82) is 0 Å². The predicted octanol–water partition coefficient (Wildman–Crippen LogP) is 6.46. The molecule has 6 heterocycles. The Kier molecular flexibility index (Phi) is 11.8. The normalized spacial score (nSPS) is 18.6. The molecule has 4 aromatic carbocycles. The maximum Gasteiger partial charge on any atom is 0.328 e. The number of ether oxygens (including phenoxy) is 1. The van der Waals surface area contributed by atoms with Gasteiger partial charge in [-0.15, -0.1) is 0 Å². The molecule has 7 aromatic rings. The lowest BCUT2D eigenvalue weighted by atomic mass is 9.71.